The van der Waals surface area contributed by atoms with Gasteiger partial charge in [0.15, 0.2) is 0 Å². The van der Waals surface area contributed by atoms with Crippen molar-refractivity contribution in [1.82, 2.24) is 14.7 Å². The van der Waals surface area contributed by atoms with Crippen LogP contribution in [-0.2, 0) is 16.4 Å². The highest BCUT2D eigenvalue weighted by Gasteiger charge is 2.25. The van der Waals surface area contributed by atoms with Crippen molar-refractivity contribution in [3.8, 4) is 5.88 Å². The average molecular weight is 399 g/mol. The molecule has 2 heterocycles. The third-order valence-electron chi connectivity index (χ3n) is 3.37. The molecule has 0 saturated heterocycles. The van der Waals surface area contributed by atoms with Crippen LogP contribution in [0.5, 0.6) is 5.88 Å². The predicted octanol–water partition coefficient (Wildman–Crippen LogP) is 1.27. The molecule has 1 aromatic carbocycles. The van der Waals surface area contributed by atoms with Gasteiger partial charge in [0, 0.05) is 6.42 Å². The van der Waals surface area contributed by atoms with E-state index < -0.39 is 32.5 Å². The van der Waals surface area contributed by atoms with E-state index in [0.717, 1.165) is 12.1 Å². The SMILES string of the molecule is O=C(Nc1nc(Cl)c2c(n1)OCC2)NS(=O)(=O)c1ccccc1C(=O)O. The molecule has 0 spiro atoms. The lowest BCUT2D eigenvalue weighted by Gasteiger charge is -2.10. The fourth-order valence-corrected chi connectivity index (χ4v) is 3.62. The van der Waals surface area contributed by atoms with Crippen LogP contribution in [0.25, 0.3) is 0 Å². The van der Waals surface area contributed by atoms with E-state index in [0.29, 0.717) is 18.6 Å². The third-order valence-corrected chi connectivity index (χ3v) is 5.07. The second-order valence-corrected chi connectivity index (χ2v) is 7.09. The quantitative estimate of drug-likeness (QED) is 0.652. The summed E-state index contributed by atoms with van der Waals surface area (Å²) < 4.78 is 31.5. The van der Waals surface area contributed by atoms with Crippen LogP contribution in [0.15, 0.2) is 29.2 Å². The summed E-state index contributed by atoms with van der Waals surface area (Å²) in [5, 5.41) is 11.3. The van der Waals surface area contributed by atoms with E-state index in [1.54, 1.807) is 4.72 Å². The van der Waals surface area contributed by atoms with Crippen molar-refractivity contribution in [2.75, 3.05) is 11.9 Å². The molecule has 0 bridgehead atoms. The number of aromatic nitrogens is 2. The Morgan fingerprint density at radius 1 is 1.23 bits per heavy atom. The molecule has 0 atom stereocenters. The molecule has 0 radical (unpaired) electrons. The number of hydrogen-bond acceptors (Lipinski definition) is 7. The van der Waals surface area contributed by atoms with Crippen LogP contribution in [0.3, 0.4) is 0 Å². The highest BCUT2D eigenvalue weighted by molar-refractivity contribution is 7.90. The first kappa shape index (κ1) is 17.9. The molecule has 136 valence electrons. The lowest BCUT2D eigenvalue weighted by molar-refractivity contribution is 0.0692. The Kier molecular flexibility index (Phi) is 4.66. The topological polar surface area (TPSA) is 148 Å². The molecule has 0 saturated carbocycles. The largest absolute Gasteiger partial charge is 0.478 e. The van der Waals surface area contributed by atoms with Crippen molar-refractivity contribution in [3.05, 3.63) is 40.5 Å². The summed E-state index contributed by atoms with van der Waals surface area (Å²) in [6, 6.07) is 3.69. The number of amides is 2. The molecule has 0 aliphatic carbocycles. The van der Waals surface area contributed by atoms with Crippen LogP contribution in [-0.4, -0.2) is 42.1 Å². The maximum absolute atomic E-state index is 12.3. The van der Waals surface area contributed by atoms with Crippen LogP contribution in [0.2, 0.25) is 5.15 Å². The summed E-state index contributed by atoms with van der Waals surface area (Å²) >= 11 is 5.96. The number of ether oxygens (including phenoxy) is 1. The number of nitrogens with one attached hydrogen (secondary N) is 2. The Bertz CT molecular complexity index is 1010. The Labute approximate surface area is 152 Å². The predicted molar refractivity (Wildman–Crippen MR) is 89.0 cm³/mol. The van der Waals surface area contributed by atoms with Gasteiger partial charge >= 0.3 is 12.0 Å². The van der Waals surface area contributed by atoms with Crippen molar-refractivity contribution in [2.24, 2.45) is 0 Å². The van der Waals surface area contributed by atoms with Gasteiger partial charge in [0.1, 0.15) is 10.0 Å². The first-order valence-electron chi connectivity index (χ1n) is 7.13. The number of rotatable bonds is 4. The minimum absolute atomic E-state index is 0.0851. The number of benzene rings is 1. The molecule has 12 heteroatoms. The molecule has 2 aromatic rings. The zero-order chi connectivity index (χ0) is 18.9. The molecule has 26 heavy (non-hydrogen) atoms. The average Bonchev–Trinajstić information content (AvgIpc) is 3.03. The van der Waals surface area contributed by atoms with Gasteiger partial charge in [-0.1, -0.05) is 23.7 Å². The standard InChI is InChI=1S/C14H11ClN4O6S/c15-10-8-5-6-25-11(8)17-13(16-10)18-14(22)19-26(23,24)9-4-2-1-3-7(9)12(20)21/h1-4H,5-6H2,(H,20,21)(H2,16,17,18,19,22). The number of aromatic carboxylic acids is 1. The number of fused-ring (bicyclic) bond motifs is 1. The number of halogens is 1. The molecule has 10 nitrogen and oxygen atoms in total. The zero-order valence-corrected chi connectivity index (χ0v) is 14.5. The van der Waals surface area contributed by atoms with Gasteiger partial charge < -0.3 is 9.84 Å². The van der Waals surface area contributed by atoms with Crippen molar-refractivity contribution >= 4 is 39.6 Å². The van der Waals surface area contributed by atoms with Gasteiger partial charge in [-0.3, -0.25) is 5.32 Å². The van der Waals surface area contributed by atoms with Crippen LogP contribution in [0.1, 0.15) is 15.9 Å². The number of sulfonamides is 1. The molecular formula is C14H11ClN4O6S. The molecule has 1 aliphatic rings. The Balaban J connectivity index is 1.80. The lowest BCUT2D eigenvalue weighted by atomic mass is 10.2. The molecule has 3 N–H and O–H groups in total. The maximum atomic E-state index is 12.3. The Hall–Kier alpha value is -2.92. The van der Waals surface area contributed by atoms with E-state index in [2.05, 4.69) is 15.3 Å². The van der Waals surface area contributed by atoms with E-state index >= 15 is 0 Å². The molecule has 1 aliphatic heterocycles. The van der Waals surface area contributed by atoms with Crippen LogP contribution >= 0.6 is 11.6 Å². The van der Waals surface area contributed by atoms with Gasteiger partial charge in [0.2, 0.25) is 11.8 Å². The number of carbonyl (C=O) groups excluding carboxylic acids is 1. The van der Waals surface area contributed by atoms with Gasteiger partial charge in [-0.2, -0.15) is 4.98 Å². The van der Waals surface area contributed by atoms with Crippen molar-refractivity contribution in [2.45, 2.75) is 11.3 Å². The van der Waals surface area contributed by atoms with Gasteiger partial charge in [-0.15, -0.1) is 0 Å². The monoisotopic (exact) mass is 398 g/mol. The minimum Gasteiger partial charge on any atom is -0.478 e. The van der Waals surface area contributed by atoms with Crippen LogP contribution < -0.4 is 14.8 Å². The van der Waals surface area contributed by atoms with E-state index in [9.17, 15) is 18.0 Å². The highest BCUT2D eigenvalue weighted by Crippen LogP contribution is 2.29. The number of urea groups is 1. The van der Waals surface area contributed by atoms with Gasteiger partial charge in [0.05, 0.1) is 17.7 Å². The summed E-state index contributed by atoms with van der Waals surface area (Å²) in [6.07, 6.45) is 0.529. The summed E-state index contributed by atoms with van der Waals surface area (Å²) in [7, 11) is -4.44. The first-order valence-corrected chi connectivity index (χ1v) is 8.99. The van der Waals surface area contributed by atoms with Gasteiger partial charge in [-0.25, -0.2) is 27.7 Å². The van der Waals surface area contributed by atoms with Crippen LogP contribution in [0.4, 0.5) is 10.7 Å². The van der Waals surface area contributed by atoms with Gasteiger partial charge in [-0.05, 0) is 12.1 Å². The normalized spacial score (nSPS) is 12.8. The minimum atomic E-state index is -4.44. The zero-order valence-electron chi connectivity index (χ0n) is 12.9. The summed E-state index contributed by atoms with van der Waals surface area (Å²) in [6.45, 7) is 0.375. The number of nitrogens with zero attached hydrogens (tertiary/aromatic N) is 2. The summed E-state index contributed by atoms with van der Waals surface area (Å²) in [5.74, 6) is -1.49. The molecule has 1 aromatic heterocycles. The summed E-state index contributed by atoms with van der Waals surface area (Å²) in [4.78, 5) is 30.3. The number of anilines is 1. The highest BCUT2D eigenvalue weighted by atomic mass is 35.5. The second kappa shape index (κ2) is 6.77. The molecule has 2 amide bonds. The smallest absolute Gasteiger partial charge is 0.337 e. The van der Waals surface area contributed by atoms with Crippen molar-refractivity contribution in [3.63, 3.8) is 0 Å². The molecule has 0 unspecified atom stereocenters. The number of carboxylic acids is 1. The Morgan fingerprint density at radius 2 is 1.96 bits per heavy atom. The van der Waals surface area contributed by atoms with Gasteiger partial charge in [0.25, 0.3) is 10.0 Å². The van der Waals surface area contributed by atoms with E-state index in [4.69, 9.17) is 21.4 Å². The molecule has 0 fully saturated rings. The molecule has 3 rings (SSSR count). The third kappa shape index (κ3) is 3.53. The second-order valence-electron chi connectivity index (χ2n) is 5.08. The molecular weight excluding hydrogens is 388 g/mol. The van der Waals surface area contributed by atoms with E-state index in [1.165, 1.54) is 12.1 Å². The van der Waals surface area contributed by atoms with Crippen LogP contribution in [0, 0.1) is 0 Å². The maximum Gasteiger partial charge on any atom is 0.337 e. The number of carboxylic acid groups (broad SMARTS) is 1. The lowest BCUT2D eigenvalue weighted by Crippen LogP contribution is -2.35. The van der Waals surface area contributed by atoms with Crippen molar-refractivity contribution < 1.29 is 27.9 Å². The number of carbonyl (C=O) groups is 2. The summed E-state index contributed by atoms with van der Waals surface area (Å²) in [5.41, 5.74) is 0.124. The van der Waals surface area contributed by atoms with E-state index in [-0.39, 0.29) is 17.0 Å². The fourth-order valence-electron chi connectivity index (χ4n) is 2.25. The first-order chi connectivity index (χ1) is 12.3. The Morgan fingerprint density at radius 3 is 2.69 bits per heavy atom. The van der Waals surface area contributed by atoms with E-state index in [1.807, 2.05) is 0 Å². The fraction of sp³-hybridized carbons (Fsp3) is 0.143. The number of hydrogen-bond donors (Lipinski definition) is 3. The van der Waals surface area contributed by atoms with Crippen molar-refractivity contribution in [1.29, 1.82) is 0 Å².